The number of sulfone groups is 1. The monoisotopic (exact) mass is 477 g/mol. The van der Waals surface area contributed by atoms with Crippen molar-refractivity contribution >= 4 is 37.4 Å². The van der Waals surface area contributed by atoms with Crippen LogP contribution < -0.4 is 15.6 Å². The zero-order chi connectivity index (χ0) is 21.0. The van der Waals surface area contributed by atoms with Gasteiger partial charge in [0.2, 0.25) is 15.7 Å². The summed E-state index contributed by atoms with van der Waals surface area (Å²) in [7, 11) is -2.41. The number of nitrogens with one attached hydrogen (secondary N) is 1. The second-order valence-electron chi connectivity index (χ2n) is 5.90. The second-order valence-corrected chi connectivity index (χ2v) is 8.71. The van der Waals surface area contributed by atoms with Crippen LogP contribution in [0.2, 0.25) is 0 Å². The summed E-state index contributed by atoms with van der Waals surface area (Å²) in [6.07, 6.45) is 0. The van der Waals surface area contributed by atoms with E-state index in [4.69, 9.17) is 4.74 Å². The maximum absolute atomic E-state index is 12.7. The molecule has 0 atom stereocenters. The van der Waals surface area contributed by atoms with Gasteiger partial charge in [0.05, 0.1) is 12.0 Å². The summed E-state index contributed by atoms with van der Waals surface area (Å²) in [4.78, 5) is 24.3. The normalized spacial score (nSPS) is 11.1. The summed E-state index contributed by atoms with van der Waals surface area (Å²) in [5.41, 5.74) is -0.0906. The van der Waals surface area contributed by atoms with Crippen molar-refractivity contribution in [2.24, 2.45) is 0 Å². The van der Waals surface area contributed by atoms with E-state index in [1.807, 2.05) is 0 Å². The summed E-state index contributed by atoms with van der Waals surface area (Å²) in [5, 5.41) is 6.17. The minimum absolute atomic E-state index is 0.0288. The molecule has 3 aromatic rings. The number of benzene rings is 2. The predicted octanol–water partition coefficient (Wildman–Crippen LogP) is 2.49. The molecule has 1 amide bonds. The number of nitrogens with zero attached hydrogens (tertiary/aromatic N) is 2. The molecule has 0 spiro atoms. The first-order valence-corrected chi connectivity index (χ1v) is 10.6. The molecule has 150 valence electrons. The number of ether oxygens (including phenoxy) is 1. The molecule has 1 N–H and O–H groups in total. The maximum Gasteiger partial charge on any atom is 0.267 e. The van der Waals surface area contributed by atoms with E-state index in [0.29, 0.717) is 11.4 Å². The van der Waals surface area contributed by atoms with Gasteiger partial charge >= 0.3 is 0 Å². The number of hydrogen-bond acceptors (Lipinski definition) is 6. The molecule has 10 heteroatoms. The van der Waals surface area contributed by atoms with Gasteiger partial charge in [0.1, 0.15) is 12.3 Å². The molecule has 0 aliphatic heterocycles. The quantitative estimate of drug-likeness (QED) is 0.584. The summed E-state index contributed by atoms with van der Waals surface area (Å²) in [6, 6.07) is 14.8. The molecule has 0 fully saturated rings. The largest absolute Gasteiger partial charge is 0.497 e. The number of anilines is 1. The Kier molecular flexibility index (Phi) is 6.14. The Labute approximate surface area is 175 Å². The SMILES string of the molecule is COc1ccc(NC(=O)Cn2nc(S(=O)(=O)c3ccc(Br)cc3)ccc2=O)cc1. The maximum atomic E-state index is 12.7. The predicted molar refractivity (Wildman–Crippen MR) is 110 cm³/mol. The zero-order valence-corrected chi connectivity index (χ0v) is 17.6. The van der Waals surface area contributed by atoms with E-state index in [1.165, 1.54) is 19.2 Å². The van der Waals surface area contributed by atoms with Crippen LogP contribution in [-0.4, -0.2) is 31.2 Å². The molecule has 29 heavy (non-hydrogen) atoms. The third kappa shape index (κ3) is 4.90. The van der Waals surface area contributed by atoms with Crippen LogP contribution in [0.5, 0.6) is 5.75 Å². The highest BCUT2D eigenvalue weighted by Crippen LogP contribution is 2.20. The van der Waals surface area contributed by atoms with Crippen molar-refractivity contribution in [2.75, 3.05) is 12.4 Å². The summed E-state index contributed by atoms with van der Waals surface area (Å²) in [5.74, 6) is 0.106. The Morgan fingerprint density at radius 3 is 2.34 bits per heavy atom. The first-order chi connectivity index (χ1) is 13.8. The molecule has 0 radical (unpaired) electrons. The summed E-state index contributed by atoms with van der Waals surface area (Å²) < 4.78 is 32.1. The van der Waals surface area contributed by atoms with E-state index in [9.17, 15) is 18.0 Å². The highest BCUT2D eigenvalue weighted by atomic mass is 79.9. The lowest BCUT2D eigenvalue weighted by Crippen LogP contribution is -2.30. The van der Waals surface area contributed by atoms with Crippen molar-refractivity contribution in [1.82, 2.24) is 9.78 Å². The summed E-state index contributed by atoms with van der Waals surface area (Å²) >= 11 is 3.24. The van der Waals surface area contributed by atoms with Crippen molar-refractivity contribution < 1.29 is 17.9 Å². The number of amides is 1. The third-order valence-corrected chi connectivity index (χ3v) is 6.10. The lowest BCUT2D eigenvalue weighted by atomic mass is 10.3. The van der Waals surface area contributed by atoms with Crippen LogP contribution in [0.1, 0.15) is 0 Å². The Bertz CT molecular complexity index is 1190. The van der Waals surface area contributed by atoms with E-state index in [-0.39, 0.29) is 9.92 Å². The number of aromatic nitrogens is 2. The molecule has 2 aromatic carbocycles. The highest BCUT2D eigenvalue weighted by molar-refractivity contribution is 9.10. The minimum atomic E-state index is -3.93. The third-order valence-electron chi connectivity index (χ3n) is 3.91. The Balaban J connectivity index is 1.82. The van der Waals surface area contributed by atoms with Crippen LogP contribution in [-0.2, 0) is 21.2 Å². The molecular formula is C19H16BrN3O5S. The molecule has 3 rings (SSSR count). The van der Waals surface area contributed by atoms with Crippen molar-refractivity contribution in [1.29, 1.82) is 0 Å². The number of halogens is 1. The van der Waals surface area contributed by atoms with E-state index in [2.05, 4.69) is 26.3 Å². The highest BCUT2D eigenvalue weighted by Gasteiger charge is 2.21. The van der Waals surface area contributed by atoms with Crippen molar-refractivity contribution in [3.05, 3.63) is 75.5 Å². The van der Waals surface area contributed by atoms with E-state index in [1.54, 1.807) is 36.4 Å². The van der Waals surface area contributed by atoms with Crippen molar-refractivity contribution in [2.45, 2.75) is 16.5 Å². The van der Waals surface area contributed by atoms with Gasteiger partial charge in [0.15, 0.2) is 5.03 Å². The molecule has 0 saturated heterocycles. The number of hydrogen-bond donors (Lipinski definition) is 1. The smallest absolute Gasteiger partial charge is 0.267 e. The standard InChI is InChI=1S/C19H16BrN3O5S/c1-28-15-6-4-14(5-7-15)21-17(24)12-23-19(25)11-10-18(22-23)29(26,27)16-8-2-13(20)3-9-16/h2-11H,12H2,1H3,(H,21,24). The topological polar surface area (TPSA) is 107 Å². The minimum Gasteiger partial charge on any atom is -0.497 e. The zero-order valence-electron chi connectivity index (χ0n) is 15.2. The summed E-state index contributed by atoms with van der Waals surface area (Å²) in [6.45, 7) is -0.436. The molecule has 1 heterocycles. The molecule has 0 bridgehead atoms. The van der Waals surface area contributed by atoms with Crippen molar-refractivity contribution in [3.63, 3.8) is 0 Å². The average molecular weight is 478 g/mol. The van der Waals surface area contributed by atoms with Gasteiger partial charge in [-0.25, -0.2) is 13.1 Å². The number of carbonyl (C=O) groups is 1. The van der Waals surface area contributed by atoms with Gasteiger partial charge in [0.25, 0.3) is 5.56 Å². The Hall–Kier alpha value is -2.98. The van der Waals surface area contributed by atoms with Crippen LogP contribution in [0.15, 0.2) is 79.9 Å². The molecule has 0 unspecified atom stereocenters. The molecule has 0 aliphatic rings. The van der Waals surface area contributed by atoms with E-state index >= 15 is 0 Å². The Morgan fingerprint density at radius 1 is 1.07 bits per heavy atom. The van der Waals surface area contributed by atoms with Gasteiger partial charge in [0, 0.05) is 16.2 Å². The van der Waals surface area contributed by atoms with Gasteiger partial charge in [-0.3, -0.25) is 9.59 Å². The van der Waals surface area contributed by atoms with Gasteiger partial charge in [-0.1, -0.05) is 15.9 Å². The fraction of sp³-hybridized carbons (Fsp3) is 0.105. The van der Waals surface area contributed by atoms with Crippen molar-refractivity contribution in [3.8, 4) is 5.75 Å². The van der Waals surface area contributed by atoms with Crippen LogP contribution >= 0.6 is 15.9 Å². The Morgan fingerprint density at radius 2 is 1.72 bits per heavy atom. The van der Waals surface area contributed by atoms with Crippen LogP contribution in [0.4, 0.5) is 5.69 Å². The van der Waals surface area contributed by atoms with Gasteiger partial charge in [-0.05, 0) is 54.6 Å². The van der Waals surface area contributed by atoms with Crippen LogP contribution in [0.25, 0.3) is 0 Å². The molecule has 0 aliphatic carbocycles. The molecule has 0 saturated carbocycles. The van der Waals surface area contributed by atoms with E-state index in [0.717, 1.165) is 21.3 Å². The fourth-order valence-corrected chi connectivity index (χ4v) is 3.89. The number of rotatable bonds is 6. The van der Waals surface area contributed by atoms with E-state index < -0.39 is 27.8 Å². The second kappa shape index (κ2) is 8.58. The molecular weight excluding hydrogens is 462 g/mol. The number of carbonyl (C=O) groups excluding carboxylic acids is 1. The molecule has 1 aromatic heterocycles. The lowest BCUT2D eigenvalue weighted by Gasteiger charge is -2.09. The van der Waals surface area contributed by atoms with Gasteiger partial charge in [-0.2, -0.15) is 5.10 Å². The fourth-order valence-electron chi connectivity index (χ4n) is 2.43. The van der Waals surface area contributed by atoms with Gasteiger partial charge in [-0.15, -0.1) is 0 Å². The lowest BCUT2D eigenvalue weighted by molar-refractivity contribution is -0.117. The van der Waals surface area contributed by atoms with Crippen LogP contribution in [0, 0.1) is 0 Å². The number of methoxy groups -OCH3 is 1. The average Bonchev–Trinajstić information content (AvgIpc) is 2.70. The first-order valence-electron chi connectivity index (χ1n) is 8.32. The first kappa shape index (κ1) is 20.7. The van der Waals surface area contributed by atoms with Gasteiger partial charge < -0.3 is 10.1 Å². The molecule has 8 nitrogen and oxygen atoms in total. The van der Waals surface area contributed by atoms with Crippen LogP contribution in [0.3, 0.4) is 0 Å².